The Morgan fingerprint density at radius 1 is 1.42 bits per heavy atom. The fraction of sp³-hybridized carbons (Fsp3) is 0.385. The zero-order chi connectivity index (χ0) is 14.3. The first-order valence-electron chi connectivity index (χ1n) is 5.95. The average molecular weight is 263 g/mol. The molecule has 1 amide bonds. The maximum atomic E-state index is 11.6. The number of nitriles is 1. The van der Waals surface area contributed by atoms with Crippen LogP contribution in [0.3, 0.4) is 0 Å². The van der Waals surface area contributed by atoms with E-state index in [1.807, 2.05) is 6.07 Å². The van der Waals surface area contributed by atoms with Gasteiger partial charge >= 0.3 is 0 Å². The van der Waals surface area contributed by atoms with Gasteiger partial charge in [0.05, 0.1) is 12.1 Å². The van der Waals surface area contributed by atoms with Gasteiger partial charge in [-0.2, -0.15) is 5.26 Å². The van der Waals surface area contributed by atoms with Crippen molar-refractivity contribution in [2.24, 2.45) is 5.73 Å². The lowest BCUT2D eigenvalue weighted by molar-refractivity contribution is -0.122. The normalized spacial score (nSPS) is 11.6. The Morgan fingerprint density at radius 3 is 2.79 bits per heavy atom. The zero-order valence-electron chi connectivity index (χ0n) is 10.5. The van der Waals surface area contributed by atoms with E-state index in [1.165, 1.54) is 12.1 Å². The summed E-state index contributed by atoms with van der Waals surface area (Å²) in [5.41, 5.74) is 6.39. The number of rotatable bonds is 6. The molecular weight excluding hydrogens is 246 g/mol. The second-order valence-corrected chi connectivity index (χ2v) is 4.19. The van der Waals surface area contributed by atoms with E-state index in [2.05, 4.69) is 5.32 Å². The van der Waals surface area contributed by atoms with E-state index < -0.39 is 6.04 Å². The molecule has 0 unspecified atom stereocenters. The summed E-state index contributed by atoms with van der Waals surface area (Å²) in [4.78, 5) is 11.6. The monoisotopic (exact) mass is 263 g/mol. The largest absolute Gasteiger partial charge is 0.504 e. The van der Waals surface area contributed by atoms with Gasteiger partial charge in [0, 0.05) is 13.0 Å². The summed E-state index contributed by atoms with van der Waals surface area (Å²) in [7, 11) is 0. The highest BCUT2D eigenvalue weighted by Crippen LogP contribution is 2.25. The number of hydrogen-bond acceptors (Lipinski definition) is 5. The number of phenols is 2. The predicted molar refractivity (Wildman–Crippen MR) is 69.3 cm³/mol. The zero-order valence-corrected chi connectivity index (χ0v) is 10.5. The van der Waals surface area contributed by atoms with E-state index in [1.54, 1.807) is 6.07 Å². The Balaban J connectivity index is 2.45. The van der Waals surface area contributed by atoms with Gasteiger partial charge in [0.1, 0.15) is 0 Å². The van der Waals surface area contributed by atoms with Gasteiger partial charge in [-0.1, -0.05) is 6.07 Å². The molecule has 1 aromatic rings. The third kappa shape index (κ3) is 4.85. The van der Waals surface area contributed by atoms with Gasteiger partial charge in [-0.3, -0.25) is 4.79 Å². The number of hydrogen-bond donors (Lipinski definition) is 4. The molecule has 0 heterocycles. The van der Waals surface area contributed by atoms with Crippen molar-refractivity contribution in [2.75, 3.05) is 6.54 Å². The molecule has 19 heavy (non-hydrogen) atoms. The summed E-state index contributed by atoms with van der Waals surface area (Å²) in [5.74, 6) is -0.747. The molecule has 6 heteroatoms. The molecule has 6 nitrogen and oxygen atoms in total. The highest BCUT2D eigenvalue weighted by Gasteiger charge is 2.14. The van der Waals surface area contributed by atoms with Crippen LogP contribution in [0.25, 0.3) is 0 Å². The van der Waals surface area contributed by atoms with Crippen molar-refractivity contribution in [3.63, 3.8) is 0 Å². The van der Waals surface area contributed by atoms with Crippen molar-refractivity contribution >= 4 is 5.91 Å². The van der Waals surface area contributed by atoms with E-state index in [0.29, 0.717) is 24.9 Å². The van der Waals surface area contributed by atoms with E-state index in [-0.39, 0.29) is 23.8 Å². The molecule has 0 aliphatic carbocycles. The first-order valence-corrected chi connectivity index (χ1v) is 5.95. The summed E-state index contributed by atoms with van der Waals surface area (Å²) < 4.78 is 0. The Morgan fingerprint density at radius 2 is 2.16 bits per heavy atom. The number of benzene rings is 1. The predicted octanol–water partition coefficient (Wildman–Crippen LogP) is 0.388. The summed E-state index contributed by atoms with van der Waals surface area (Å²) >= 11 is 0. The van der Waals surface area contributed by atoms with Gasteiger partial charge in [0.25, 0.3) is 0 Å². The van der Waals surface area contributed by atoms with E-state index in [0.717, 1.165) is 0 Å². The average Bonchev–Trinajstić information content (AvgIpc) is 2.38. The summed E-state index contributed by atoms with van der Waals surface area (Å²) in [6.07, 6.45) is 1.24. The van der Waals surface area contributed by atoms with Crippen LogP contribution in [0.2, 0.25) is 0 Å². The Bertz CT molecular complexity index is 483. The summed E-state index contributed by atoms with van der Waals surface area (Å²) in [6.45, 7) is 0.418. The molecule has 0 saturated heterocycles. The smallest absolute Gasteiger partial charge is 0.237 e. The number of unbranched alkanes of at least 4 members (excludes halogenated alkanes) is 1. The minimum absolute atomic E-state index is 0.210. The van der Waals surface area contributed by atoms with Crippen LogP contribution in [-0.2, 0) is 11.2 Å². The van der Waals surface area contributed by atoms with Crippen LogP contribution < -0.4 is 11.1 Å². The Labute approximate surface area is 111 Å². The third-order valence-corrected chi connectivity index (χ3v) is 2.60. The van der Waals surface area contributed by atoms with Gasteiger partial charge in [0.15, 0.2) is 11.5 Å². The van der Waals surface area contributed by atoms with Gasteiger partial charge in [-0.25, -0.2) is 0 Å². The van der Waals surface area contributed by atoms with Crippen molar-refractivity contribution in [3.05, 3.63) is 23.8 Å². The number of carbonyl (C=O) groups excluding carboxylic acids is 1. The SMILES string of the molecule is N#CCCCNC(=O)[C@@H](N)Cc1ccc(O)c(O)c1. The molecule has 0 radical (unpaired) electrons. The van der Waals surface area contributed by atoms with Crippen LogP contribution in [0.15, 0.2) is 18.2 Å². The second kappa shape index (κ2) is 7.24. The highest BCUT2D eigenvalue weighted by atomic mass is 16.3. The number of nitrogens with zero attached hydrogens (tertiary/aromatic N) is 1. The molecule has 0 fully saturated rings. The van der Waals surface area contributed by atoms with Crippen molar-refractivity contribution in [1.82, 2.24) is 5.32 Å². The molecule has 0 aliphatic rings. The lowest BCUT2D eigenvalue weighted by atomic mass is 10.1. The molecule has 0 aromatic heterocycles. The fourth-order valence-corrected chi connectivity index (χ4v) is 1.55. The van der Waals surface area contributed by atoms with Crippen LogP contribution in [0, 0.1) is 11.3 Å². The Hall–Kier alpha value is -2.26. The molecule has 0 bridgehead atoms. The molecule has 5 N–H and O–H groups in total. The molecule has 1 rings (SSSR count). The van der Waals surface area contributed by atoms with Crippen LogP contribution in [-0.4, -0.2) is 28.7 Å². The number of nitrogens with two attached hydrogens (primary N) is 1. The molecule has 0 spiro atoms. The van der Waals surface area contributed by atoms with Crippen molar-refractivity contribution in [2.45, 2.75) is 25.3 Å². The van der Waals surface area contributed by atoms with Gasteiger partial charge in [-0.15, -0.1) is 0 Å². The van der Waals surface area contributed by atoms with E-state index in [4.69, 9.17) is 16.1 Å². The lowest BCUT2D eigenvalue weighted by Crippen LogP contribution is -2.42. The number of carbonyl (C=O) groups is 1. The number of aromatic hydroxyl groups is 2. The fourth-order valence-electron chi connectivity index (χ4n) is 1.55. The van der Waals surface area contributed by atoms with E-state index >= 15 is 0 Å². The minimum atomic E-state index is -0.731. The molecule has 102 valence electrons. The first-order chi connectivity index (χ1) is 9.04. The standard InChI is InChI=1S/C13H17N3O3/c14-5-1-2-6-16-13(19)10(15)7-9-3-4-11(17)12(18)8-9/h3-4,8,10,17-18H,1-2,6-7,15H2,(H,16,19)/t10-/m0/s1. The number of phenolic OH excluding ortho intramolecular Hbond substituents is 2. The van der Waals surface area contributed by atoms with Gasteiger partial charge in [-0.05, 0) is 30.5 Å². The summed E-state index contributed by atoms with van der Waals surface area (Å²) in [6, 6.07) is 5.58. The molecular formula is C13H17N3O3. The first kappa shape index (κ1) is 14.8. The minimum Gasteiger partial charge on any atom is -0.504 e. The number of amides is 1. The molecule has 1 atom stereocenters. The quantitative estimate of drug-likeness (QED) is 0.437. The van der Waals surface area contributed by atoms with Gasteiger partial charge in [0.2, 0.25) is 5.91 Å². The van der Waals surface area contributed by atoms with Crippen molar-refractivity contribution in [1.29, 1.82) is 5.26 Å². The van der Waals surface area contributed by atoms with Crippen LogP contribution in [0.5, 0.6) is 11.5 Å². The molecule has 0 aliphatic heterocycles. The lowest BCUT2D eigenvalue weighted by Gasteiger charge is -2.12. The Kier molecular flexibility index (Phi) is 5.64. The topological polar surface area (TPSA) is 119 Å². The third-order valence-electron chi connectivity index (χ3n) is 2.60. The van der Waals surface area contributed by atoms with Crippen LogP contribution in [0.1, 0.15) is 18.4 Å². The molecule has 1 aromatic carbocycles. The maximum absolute atomic E-state index is 11.6. The molecule has 0 saturated carbocycles. The van der Waals surface area contributed by atoms with Gasteiger partial charge < -0.3 is 21.3 Å². The van der Waals surface area contributed by atoms with Crippen molar-refractivity contribution in [3.8, 4) is 17.6 Å². The van der Waals surface area contributed by atoms with E-state index in [9.17, 15) is 9.90 Å². The highest BCUT2D eigenvalue weighted by molar-refractivity contribution is 5.81. The van der Waals surface area contributed by atoms with Crippen LogP contribution >= 0.6 is 0 Å². The van der Waals surface area contributed by atoms with Crippen LogP contribution in [0.4, 0.5) is 0 Å². The van der Waals surface area contributed by atoms with Crippen molar-refractivity contribution < 1.29 is 15.0 Å². The summed E-state index contributed by atoms with van der Waals surface area (Å²) in [5, 5.41) is 29.5. The number of nitrogens with one attached hydrogen (secondary N) is 1. The second-order valence-electron chi connectivity index (χ2n) is 4.19. The maximum Gasteiger partial charge on any atom is 0.237 e.